The van der Waals surface area contributed by atoms with Crippen molar-refractivity contribution in [3.05, 3.63) is 23.8 Å². The highest BCUT2D eigenvalue weighted by Gasteiger charge is 2.62. The van der Waals surface area contributed by atoms with E-state index >= 15 is 0 Å². The third-order valence-corrected chi connectivity index (χ3v) is 16.6. The molecule has 4 aliphatic rings. The molecule has 0 bridgehead atoms. The molecule has 3 fully saturated rings. The van der Waals surface area contributed by atoms with E-state index in [-0.39, 0.29) is 86.3 Å². The molecule has 0 aliphatic heterocycles. The lowest BCUT2D eigenvalue weighted by molar-refractivity contribution is -0.155. The molecule has 30 heteroatoms. The number of fused-ring (bicyclic) bond motifs is 5. The first-order chi connectivity index (χ1) is 36.7. The average Bonchev–Trinajstić information content (AvgIpc) is 3.77. The lowest BCUT2D eigenvalue weighted by Gasteiger charge is -2.56. The minimum absolute atomic E-state index is 0.0142. The Balaban J connectivity index is 1.30. The molecule has 12 atom stereocenters. The Morgan fingerprint density at radius 3 is 1.99 bits per heavy atom. The van der Waals surface area contributed by atoms with Crippen molar-refractivity contribution in [3.8, 4) is 0 Å². The number of aliphatic carboxylic acids is 3. The first-order valence-corrected chi connectivity index (χ1v) is 27.4. The van der Waals surface area contributed by atoms with Gasteiger partial charge in [0.1, 0.15) is 42.4 Å². The van der Waals surface area contributed by atoms with Crippen molar-refractivity contribution in [1.29, 1.82) is 0 Å². The van der Waals surface area contributed by atoms with Crippen molar-refractivity contribution in [2.24, 2.45) is 45.5 Å². The van der Waals surface area contributed by atoms with Crippen LogP contribution in [-0.4, -0.2) is 183 Å². The number of methoxy groups -OCH3 is 1. The number of amides is 5. The number of allylic oxidation sites excluding steroid dienone is 4. The number of aliphatic hydroxyl groups excluding tert-OH is 1. The van der Waals surface area contributed by atoms with E-state index in [0.29, 0.717) is 19.3 Å². The lowest BCUT2D eigenvalue weighted by atomic mass is 9.49. The van der Waals surface area contributed by atoms with Gasteiger partial charge in [-0.2, -0.15) is 0 Å². The highest BCUT2D eigenvalue weighted by atomic mass is 33.1. The highest BCUT2D eigenvalue weighted by Crippen LogP contribution is 2.62. The maximum atomic E-state index is 13.6. The SMILES string of the molecule is CCC(=O)NC(CC(=O)O)C(=O)NC(CCCN=C(N)N)C(=O)NC(CC(=O)O)C(=O)NC(CC(=O)OC)C(=O)NC(CSSCCOC(=O)OCC(=O)C1(O)CCC2C3CCC4=CC(=O)C=CC4(C)C3C(O)CC21)C(=O)O. The zero-order valence-corrected chi connectivity index (χ0v) is 44.7. The number of carbonyl (C=O) groups excluding carboxylic acids is 9. The number of esters is 1. The summed E-state index contributed by atoms with van der Waals surface area (Å²) in [5.41, 5.74) is 9.29. The van der Waals surface area contributed by atoms with Gasteiger partial charge in [-0.15, -0.1) is 0 Å². The predicted molar refractivity (Wildman–Crippen MR) is 274 cm³/mol. The number of carboxylic acids is 3. The number of Topliss-reactive ketones (excluding diaryl/α,β-unsaturated/α-hetero) is 1. The first-order valence-electron chi connectivity index (χ1n) is 25.0. The number of rotatable bonds is 30. The largest absolute Gasteiger partial charge is 0.508 e. The fourth-order valence-electron chi connectivity index (χ4n) is 10.5. The van der Waals surface area contributed by atoms with E-state index in [2.05, 4.69) is 36.3 Å². The summed E-state index contributed by atoms with van der Waals surface area (Å²) in [5.74, 6) is -13.8. The number of ether oxygens (including phenoxy) is 3. The number of carbonyl (C=O) groups is 12. The second kappa shape index (κ2) is 29.3. The zero-order chi connectivity index (χ0) is 58.1. The van der Waals surface area contributed by atoms with E-state index in [9.17, 15) is 83.1 Å². The van der Waals surface area contributed by atoms with Crippen LogP contribution >= 0.6 is 21.6 Å². The summed E-state index contributed by atoms with van der Waals surface area (Å²) in [6.07, 6.45) is 1.65. The van der Waals surface area contributed by atoms with Crippen LogP contribution in [0.15, 0.2) is 28.8 Å². The smallest absolute Gasteiger partial charge is 0.481 e. The molecule has 12 unspecified atom stereocenters. The third-order valence-electron chi connectivity index (χ3n) is 14.2. The van der Waals surface area contributed by atoms with Crippen molar-refractivity contribution in [2.75, 3.05) is 38.4 Å². The molecule has 4 aliphatic carbocycles. The molecule has 0 aromatic heterocycles. The standard InChI is InChI=1S/C48H68N8O20S2/c1-4-35(60)52-29(18-36(61)62)41(67)53-28(6-5-13-51-45(49)50)40(66)54-30(19-37(63)64)42(68)55-31(20-38(65)74-3)43(69)56-32(44(70)71)22-78-77-15-14-75-46(72)76-21-34(59)48(73)12-10-25-26-8-7-23-16-24(57)9-11-47(23,2)39(26)33(58)17-27(25)48/h9,11,16,25-33,39,58,73H,4-8,10,12-15,17-22H2,1-3H3,(H,52,60)(H,53,67)(H,54,66)(H,55,68)(H,56,69)(H,61,62)(H,63,64)(H,70,71)(H4,49,50,51). The number of nitrogens with two attached hydrogens (primary N) is 2. The summed E-state index contributed by atoms with van der Waals surface area (Å²) in [6.45, 7) is 2.27. The van der Waals surface area contributed by atoms with E-state index in [0.717, 1.165) is 34.3 Å². The minimum Gasteiger partial charge on any atom is -0.481 e. The molecule has 0 radical (unpaired) electrons. The minimum atomic E-state index is -2.03. The number of hydrogen-bond acceptors (Lipinski definition) is 20. The molecule has 4 rings (SSSR count). The van der Waals surface area contributed by atoms with Crippen LogP contribution < -0.4 is 38.1 Å². The van der Waals surface area contributed by atoms with Crippen molar-refractivity contribution < 1.29 is 97.3 Å². The number of carboxylic acid groups (broad SMARTS) is 3. The molecule has 28 nitrogen and oxygen atoms in total. The third kappa shape index (κ3) is 17.6. The molecule has 0 spiro atoms. The van der Waals surface area contributed by atoms with E-state index < -0.39 is 144 Å². The number of ketones is 2. The van der Waals surface area contributed by atoms with E-state index in [1.165, 1.54) is 13.0 Å². The normalized spacial score (nSPS) is 24.7. The summed E-state index contributed by atoms with van der Waals surface area (Å²) in [6, 6.07) is -8.94. The Morgan fingerprint density at radius 1 is 0.808 bits per heavy atom. The van der Waals surface area contributed by atoms with Crippen LogP contribution in [0.25, 0.3) is 0 Å². The summed E-state index contributed by atoms with van der Waals surface area (Å²) in [5, 5.41) is 63.0. The van der Waals surface area contributed by atoms with Gasteiger partial charge in [-0.1, -0.05) is 47.1 Å². The number of hydrogen-bond donors (Lipinski definition) is 12. The summed E-state index contributed by atoms with van der Waals surface area (Å²) in [4.78, 5) is 156. The van der Waals surface area contributed by atoms with Gasteiger partial charge in [0, 0.05) is 41.7 Å². The van der Waals surface area contributed by atoms with Crippen LogP contribution in [0.2, 0.25) is 0 Å². The first kappa shape index (κ1) is 63.7. The summed E-state index contributed by atoms with van der Waals surface area (Å²) < 4.78 is 14.7. The van der Waals surface area contributed by atoms with Gasteiger partial charge >= 0.3 is 30.0 Å². The van der Waals surface area contributed by atoms with Crippen LogP contribution in [-0.2, 0) is 67.0 Å². The molecule has 0 heterocycles. The quantitative estimate of drug-likeness (QED) is 0.0124. The predicted octanol–water partition coefficient (Wildman–Crippen LogP) is -1.81. The average molecular weight is 1140 g/mol. The van der Waals surface area contributed by atoms with Gasteiger partial charge in [-0.25, -0.2) is 9.59 Å². The van der Waals surface area contributed by atoms with Gasteiger partial charge < -0.3 is 77.8 Å². The van der Waals surface area contributed by atoms with E-state index in [1.54, 1.807) is 6.08 Å². The van der Waals surface area contributed by atoms with Crippen LogP contribution in [0.1, 0.15) is 84.5 Å². The van der Waals surface area contributed by atoms with E-state index in [1.807, 2.05) is 13.0 Å². The van der Waals surface area contributed by atoms with Gasteiger partial charge in [0.25, 0.3) is 0 Å². The molecular weight excluding hydrogens is 1070 g/mol. The fourth-order valence-corrected chi connectivity index (χ4v) is 12.4. The fraction of sp³-hybridized carbons (Fsp3) is 0.646. The topological polar surface area (TPSA) is 458 Å². The second-order valence-corrected chi connectivity index (χ2v) is 22.0. The maximum absolute atomic E-state index is 13.6. The van der Waals surface area contributed by atoms with Crippen LogP contribution in [0, 0.1) is 29.1 Å². The van der Waals surface area contributed by atoms with E-state index in [4.69, 9.17) is 20.9 Å². The summed E-state index contributed by atoms with van der Waals surface area (Å²) in [7, 11) is 2.83. The van der Waals surface area contributed by atoms with Crippen molar-refractivity contribution in [1.82, 2.24) is 26.6 Å². The molecular formula is C48H68N8O20S2. The Bertz CT molecular complexity index is 2400. The van der Waals surface area contributed by atoms with Gasteiger partial charge in [0.15, 0.2) is 18.3 Å². The number of aliphatic imine (C=N–C) groups is 1. The van der Waals surface area contributed by atoms with Crippen LogP contribution in [0.4, 0.5) is 4.79 Å². The Hall–Kier alpha value is -6.79. The molecule has 78 heavy (non-hydrogen) atoms. The van der Waals surface area contributed by atoms with Crippen LogP contribution in [0.3, 0.4) is 0 Å². The Kier molecular flexibility index (Phi) is 23.9. The highest BCUT2D eigenvalue weighted by molar-refractivity contribution is 8.76. The van der Waals surface area contributed by atoms with Gasteiger partial charge in [-0.3, -0.25) is 52.9 Å². The van der Waals surface area contributed by atoms with Crippen molar-refractivity contribution >= 4 is 98.7 Å². The number of guanidine groups is 1. The second-order valence-electron chi connectivity index (χ2n) is 19.4. The molecule has 0 aromatic rings. The zero-order valence-electron chi connectivity index (χ0n) is 43.1. The molecule has 0 aromatic carbocycles. The molecule has 432 valence electrons. The number of aliphatic hydroxyl groups is 2. The van der Waals surface area contributed by atoms with Gasteiger partial charge in [0.2, 0.25) is 35.3 Å². The van der Waals surface area contributed by atoms with Crippen LogP contribution in [0.5, 0.6) is 0 Å². The summed E-state index contributed by atoms with van der Waals surface area (Å²) >= 11 is 0. The molecule has 14 N–H and O–H groups in total. The van der Waals surface area contributed by atoms with Crippen molar-refractivity contribution in [2.45, 2.75) is 126 Å². The van der Waals surface area contributed by atoms with Crippen molar-refractivity contribution in [3.63, 3.8) is 0 Å². The molecule has 3 saturated carbocycles. The maximum Gasteiger partial charge on any atom is 0.508 e. The Labute approximate surface area is 455 Å². The molecule has 0 saturated heterocycles. The lowest BCUT2D eigenvalue weighted by Crippen LogP contribution is -2.59. The van der Waals surface area contributed by atoms with Gasteiger partial charge in [-0.05, 0) is 68.9 Å². The monoisotopic (exact) mass is 1140 g/mol. The van der Waals surface area contributed by atoms with Gasteiger partial charge in [0.05, 0.1) is 32.5 Å². The number of nitrogens with one attached hydrogen (secondary N) is 5. The Morgan fingerprint density at radius 2 is 1.40 bits per heavy atom. The molecule has 5 amide bonds. The number of nitrogens with zero attached hydrogens (tertiary/aromatic N) is 1.